The molecule has 4 aliphatic carbocycles. The van der Waals surface area contributed by atoms with Crippen LogP contribution in [0.1, 0.15) is 52.4 Å². The number of hydrogen-bond acceptors (Lipinski definition) is 2. The Balaban J connectivity index is 1.69. The Kier molecular flexibility index (Phi) is 3.03. The maximum absolute atomic E-state index is 11.6. The van der Waals surface area contributed by atoms with Gasteiger partial charge in [-0.25, -0.2) is 4.79 Å². The quantitative estimate of drug-likeness (QED) is 0.835. The first-order valence-electron chi connectivity index (χ1n) is 7.54. The smallest absolute Gasteiger partial charge is 0.407 e. The molecule has 0 aliphatic heterocycles. The zero-order chi connectivity index (χ0) is 12.8. The fourth-order valence-electron chi connectivity index (χ4n) is 5.21. The van der Waals surface area contributed by atoms with Crippen LogP contribution in [0.4, 0.5) is 4.79 Å². The Hall–Kier alpha value is -0.730. The average molecular weight is 251 g/mol. The highest BCUT2D eigenvalue weighted by atomic mass is 16.5. The normalized spacial score (nSPS) is 42.7. The average Bonchev–Trinajstić information content (AvgIpc) is 2.27. The number of nitrogens with one attached hydrogen (secondary N) is 1. The molecule has 1 amide bonds. The lowest BCUT2D eigenvalue weighted by atomic mass is 9.48. The molecule has 4 saturated carbocycles. The highest BCUT2D eigenvalue weighted by Gasteiger charge is 2.53. The molecule has 0 heterocycles. The highest BCUT2D eigenvalue weighted by Crippen LogP contribution is 2.61. The Bertz CT molecular complexity index is 304. The van der Waals surface area contributed by atoms with E-state index < -0.39 is 0 Å². The molecule has 4 fully saturated rings. The largest absolute Gasteiger partial charge is 0.450 e. The van der Waals surface area contributed by atoms with Crippen LogP contribution in [0.25, 0.3) is 0 Å². The second kappa shape index (κ2) is 4.43. The van der Waals surface area contributed by atoms with E-state index in [0.717, 1.165) is 17.8 Å². The minimum atomic E-state index is -0.235. The first-order chi connectivity index (χ1) is 8.61. The van der Waals surface area contributed by atoms with Crippen LogP contribution in [0, 0.1) is 23.2 Å². The van der Waals surface area contributed by atoms with Gasteiger partial charge in [-0.1, -0.05) is 0 Å². The van der Waals surface area contributed by atoms with Crippen LogP contribution in [-0.2, 0) is 4.74 Å². The van der Waals surface area contributed by atoms with E-state index in [0.29, 0.717) is 12.0 Å². The number of hydrogen-bond donors (Lipinski definition) is 1. The monoisotopic (exact) mass is 251 g/mol. The van der Waals surface area contributed by atoms with Gasteiger partial charge in [-0.2, -0.15) is 0 Å². The predicted molar refractivity (Wildman–Crippen MR) is 70.2 cm³/mol. The molecular formula is C15H25NO2. The summed E-state index contributed by atoms with van der Waals surface area (Å²) in [7, 11) is 0. The van der Waals surface area contributed by atoms with Gasteiger partial charge in [-0.3, -0.25) is 0 Å². The summed E-state index contributed by atoms with van der Waals surface area (Å²) in [5.74, 6) is 2.80. The van der Waals surface area contributed by atoms with E-state index in [-0.39, 0.29) is 12.1 Å². The molecule has 0 aromatic heterocycles. The third kappa shape index (κ3) is 2.02. The van der Waals surface area contributed by atoms with Crippen molar-refractivity contribution < 1.29 is 9.53 Å². The fourth-order valence-corrected chi connectivity index (χ4v) is 5.21. The Morgan fingerprint density at radius 3 is 2.17 bits per heavy atom. The Morgan fingerprint density at radius 1 is 1.22 bits per heavy atom. The number of alkyl carbamates (subject to hydrolysis) is 1. The molecule has 0 radical (unpaired) electrons. The number of carbonyl (C=O) groups excluding carboxylic acids is 1. The molecule has 4 rings (SSSR count). The third-order valence-corrected chi connectivity index (χ3v) is 5.61. The zero-order valence-electron chi connectivity index (χ0n) is 11.6. The molecule has 3 nitrogen and oxygen atoms in total. The predicted octanol–water partition coefficient (Wildman–Crippen LogP) is 3.34. The number of rotatable bonds is 3. The van der Waals surface area contributed by atoms with E-state index in [9.17, 15) is 4.79 Å². The molecular weight excluding hydrogens is 226 g/mol. The van der Waals surface area contributed by atoms with Gasteiger partial charge in [0.2, 0.25) is 0 Å². The van der Waals surface area contributed by atoms with Gasteiger partial charge in [0, 0.05) is 6.04 Å². The van der Waals surface area contributed by atoms with Crippen LogP contribution in [0.5, 0.6) is 0 Å². The topological polar surface area (TPSA) is 38.3 Å². The lowest BCUT2D eigenvalue weighted by Crippen LogP contribution is -2.55. The summed E-state index contributed by atoms with van der Waals surface area (Å²) >= 11 is 0. The molecule has 0 aromatic rings. The van der Waals surface area contributed by atoms with Crippen LogP contribution >= 0.6 is 0 Å². The van der Waals surface area contributed by atoms with Gasteiger partial charge in [0.25, 0.3) is 0 Å². The molecule has 4 bridgehead atoms. The highest BCUT2D eigenvalue weighted by molar-refractivity contribution is 5.67. The van der Waals surface area contributed by atoms with Gasteiger partial charge in [0.15, 0.2) is 0 Å². The summed E-state index contributed by atoms with van der Waals surface area (Å²) in [6.45, 7) is 4.50. The molecule has 102 valence electrons. The zero-order valence-corrected chi connectivity index (χ0v) is 11.6. The number of ether oxygens (including phenoxy) is 1. The second-order valence-corrected chi connectivity index (χ2v) is 6.87. The third-order valence-electron chi connectivity index (χ3n) is 5.61. The van der Waals surface area contributed by atoms with Gasteiger partial charge >= 0.3 is 6.09 Å². The molecule has 3 heteroatoms. The van der Waals surface area contributed by atoms with Crippen molar-refractivity contribution in [3.63, 3.8) is 0 Å². The molecule has 0 saturated heterocycles. The van der Waals surface area contributed by atoms with Crippen molar-refractivity contribution in [3.05, 3.63) is 0 Å². The fraction of sp³-hybridized carbons (Fsp3) is 0.933. The number of carbonyl (C=O) groups is 1. The van der Waals surface area contributed by atoms with Gasteiger partial charge in [0.05, 0.1) is 6.61 Å². The summed E-state index contributed by atoms with van der Waals surface area (Å²) in [4.78, 5) is 11.6. The van der Waals surface area contributed by atoms with Crippen molar-refractivity contribution in [1.29, 1.82) is 0 Å². The summed E-state index contributed by atoms with van der Waals surface area (Å²) in [6, 6.07) is 0.268. The summed E-state index contributed by atoms with van der Waals surface area (Å²) in [5.41, 5.74) is 0.376. The van der Waals surface area contributed by atoms with E-state index in [4.69, 9.17) is 4.74 Å². The van der Waals surface area contributed by atoms with Crippen molar-refractivity contribution in [1.82, 2.24) is 5.32 Å². The van der Waals surface area contributed by atoms with Gasteiger partial charge in [-0.05, 0) is 75.5 Å². The van der Waals surface area contributed by atoms with Gasteiger partial charge in [0.1, 0.15) is 0 Å². The molecule has 0 spiro atoms. The minimum Gasteiger partial charge on any atom is -0.450 e. The molecule has 1 atom stereocenters. The number of amides is 1. The first kappa shape index (κ1) is 12.3. The van der Waals surface area contributed by atoms with E-state index in [2.05, 4.69) is 12.2 Å². The van der Waals surface area contributed by atoms with Crippen molar-refractivity contribution >= 4 is 6.09 Å². The molecule has 1 N–H and O–H groups in total. The summed E-state index contributed by atoms with van der Waals surface area (Å²) < 4.78 is 5.03. The van der Waals surface area contributed by atoms with E-state index in [1.165, 1.54) is 38.5 Å². The lowest BCUT2D eigenvalue weighted by Gasteiger charge is -2.59. The minimum absolute atomic E-state index is 0.235. The van der Waals surface area contributed by atoms with E-state index in [1.807, 2.05) is 6.92 Å². The standard InChI is InChI=1S/C15H25NO2/c1-3-18-14(17)16-10(2)15-7-11-4-12(8-15)6-13(5-11)9-15/h10-13H,3-9H2,1-2H3,(H,16,17). The van der Waals surface area contributed by atoms with E-state index >= 15 is 0 Å². The maximum Gasteiger partial charge on any atom is 0.407 e. The summed E-state index contributed by atoms with van der Waals surface area (Å²) in [6.07, 6.45) is 8.09. The van der Waals surface area contributed by atoms with Gasteiger partial charge < -0.3 is 10.1 Å². The van der Waals surface area contributed by atoms with Crippen LogP contribution < -0.4 is 5.32 Å². The summed E-state index contributed by atoms with van der Waals surface area (Å²) in [5, 5.41) is 3.08. The van der Waals surface area contributed by atoms with Crippen LogP contribution in [0.15, 0.2) is 0 Å². The molecule has 1 unspecified atom stereocenters. The Morgan fingerprint density at radius 2 is 1.72 bits per heavy atom. The molecule has 4 aliphatic rings. The molecule has 18 heavy (non-hydrogen) atoms. The van der Waals surface area contributed by atoms with Crippen molar-refractivity contribution in [2.75, 3.05) is 6.61 Å². The maximum atomic E-state index is 11.6. The van der Waals surface area contributed by atoms with Crippen LogP contribution in [0.2, 0.25) is 0 Å². The first-order valence-corrected chi connectivity index (χ1v) is 7.54. The Labute approximate surface area is 110 Å². The van der Waals surface area contributed by atoms with Crippen LogP contribution in [0.3, 0.4) is 0 Å². The van der Waals surface area contributed by atoms with Crippen molar-refractivity contribution in [3.8, 4) is 0 Å². The van der Waals surface area contributed by atoms with Crippen molar-refractivity contribution in [2.24, 2.45) is 23.2 Å². The van der Waals surface area contributed by atoms with Gasteiger partial charge in [-0.15, -0.1) is 0 Å². The van der Waals surface area contributed by atoms with Crippen molar-refractivity contribution in [2.45, 2.75) is 58.4 Å². The molecule has 0 aromatic carbocycles. The second-order valence-electron chi connectivity index (χ2n) is 6.87. The lowest BCUT2D eigenvalue weighted by molar-refractivity contribution is -0.0695. The SMILES string of the molecule is CCOC(=O)NC(C)C12CC3CC(CC(C3)C1)C2. The van der Waals surface area contributed by atoms with E-state index in [1.54, 1.807) is 0 Å². The van der Waals surface area contributed by atoms with Crippen LogP contribution in [-0.4, -0.2) is 18.7 Å².